The van der Waals surface area contributed by atoms with Crippen molar-refractivity contribution in [3.05, 3.63) is 81.4 Å². The summed E-state index contributed by atoms with van der Waals surface area (Å²) in [5, 5.41) is 7.16. The molecule has 0 bridgehead atoms. The van der Waals surface area contributed by atoms with E-state index in [1.54, 1.807) is 36.4 Å². The van der Waals surface area contributed by atoms with Crippen LogP contribution in [-0.4, -0.2) is 27.2 Å². The molecule has 0 aliphatic rings. The maximum Gasteiger partial charge on any atom is 0.420 e. The third-order valence-corrected chi connectivity index (χ3v) is 4.40. The third kappa shape index (κ3) is 3.81. The van der Waals surface area contributed by atoms with E-state index in [0.29, 0.717) is 29.1 Å². The van der Waals surface area contributed by atoms with E-state index in [2.05, 4.69) is 15.5 Å². The number of para-hydroxylation sites is 2. The van der Waals surface area contributed by atoms with E-state index in [4.69, 9.17) is 20.5 Å². The summed E-state index contributed by atoms with van der Waals surface area (Å²) in [7, 11) is 0. The zero-order chi connectivity index (χ0) is 19.5. The van der Waals surface area contributed by atoms with Crippen LogP contribution in [0.4, 0.5) is 0 Å². The Morgan fingerprint density at radius 1 is 1.14 bits per heavy atom. The van der Waals surface area contributed by atoms with Gasteiger partial charge in [-0.3, -0.25) is 9.36 Å². The highest BCUT2D eigenvalue weighted by Gasteiger charge is 2.17. The number of benzene rings is 2. The van der Waals surface area contributed by atoms with Crippen molar-refractivity contribution < 1.29 is 13.7 Å². The minimum Gasteiger partial charge on any atom is -0.408 e. The molecule has 2 heterocycles. The average Bonchev–Trinajstić information content (AvgIpc) is 3.29. The maximum atomic E-state index is 12.2. The van der Waals surface area contributed by atoms with E-state index in [-0.39, 0.29) is 18.3 Å². The molecule has 4 rings (SSSR count). The number of carbonyl (C=O) groups is 1. The Kier molecular flexibility index (Phi) is 4.94. The van der Waals surface area contributed by atoms with Gasteiger partial charge in [-0.05, 0) is 36.2 Å². The first-order valence-electron chi connectivity index (χ1n) is 8.54. The van der Waals surface area contributed by atoms with E-state index in [1.807, 2.05) is 12.1 Å². The number of halogens is 1. The molecule has 4 aromatic rings. The van der Waals surface area contributed by atoms with E-state index in [1.165, 1.54) is 4.57 Å². The van der Waals surface area contributed by atoms with Gasteiger partial charge >= 0.3 is 17.6 Å². The number of fused-ring (bicyclic) bond motifs is 1. The van der Waals surface area contributed by atoms with Gasteiger partial charge in [-0.1, -0.05) is 41.0 Å². The molecule has 2 aromatic carbocycles. The summed E-state index contributed by atoms with van der Waals surface area (Å²) >= 11 is 5.85. The number of hydrogen-bond donors (Lipinski definition) is 1. The van der Waals surface area contributed by atoms with E-state index in [0.717, 1.165) is 5.56 Å². The molecule has 0 aliphatic heterocycles. The molecule has 0 spiro atoms. The van der Waals surface area contributed by atoms with Crippen molar-refractivity contribution >= 4 is 28.6 Å². The third-order valence-electron chi connectivity index (χ3n) is 4.15. The van der Waals surface area contributed by atoms with Crippen molar-refractivity contribution in [2.75, 3.05) is 6.54 Å². The molecule has 0 saturated carbocycles. The van der Waals surface area contributed by atoms with Crippen LogP contribution < -0.4 is 11.1 Å². The van der Waals surface area contributed by atoms with Crippen LogP contribution in [0.3, 0.4) is 0 Å². The van der Waals surface area contributed by atoms with Crippen molar-refractivity contribution in [2.24, 2.45) is 0 Å². The van der Waals surface area contributed by atoms with E-state index < -0.39 is 11.7 Å². The fourth-order valence-electron chi connectivity index (χ4n) is 2.76. The monoisotopic (exact) mass is 398 g/mol. The highest BCUT2D eigenvalue weighted by Crippen LogP contribution is 2.13. The quantitative estimate of drug-likeness (QED) is 0.535. The number of nitrogens with one attached hydrogen (secondary N) is 1. The predicted molar refractivity (Wildman–Crippen MR) is 101 cm³/mol. The number of aromatic nitrogens is 3. The van der Waals surface area contributed by atoms with Gasteiger partial charge in [0, 0.05) is 11.6 Å². The number of carbonyl (C=O) groups excluding carboxylic acids is 1. The first-order valence-corrected chi connectivity index (χ1v) is 8.91. The number of nitrogens with zero attached hydrogens (tertiary/aromatic N) is 3. The summed E-state index contributed by atoms with van der Waals surface area (Å²) in [5.74, 6) is -0.958. The standard InChI is InChI=1S/C19H15ClN4O4/c20-13-7-5-12(6-8-13)9-10-21-17(25)18-22-16(23-28-18)11-24-14-3-1-2-4-15(14)27-19(24)26/h1-8H,9-11H2,(H,21,25). The Morgan fingerprint density at radius 2 is 1.93 bits per heavy atom. The summed E-state index contributed by atoms with van der Waals surface area (Å²) in [4.78, 5) is 28.2. The van der Waals surface area contributed by atoms with Crippen LogP contribution >= 0.6 is 11.6 Å². The van der Waals surface area contributed by atoms with Gasteiger partial charge in [0.1, 0.15) is 0 Å². The number of rotatable bonds is 6. The van der Waals surface area contributed by atoms with Gasteiger partial charge < -0.3 is 14.3 Å². The van der Waals surface area contributed by atoms with Gasteiger partial charge in [0.25, 0.3) is 0 Å². The largest absolute Gasteiger partial charge is 0.420 e. The second kappa shape index (κ2) is 7.69. The van der Waals surface area contributed by atoms with Crippen LogP contribution in [0, 0.1) is 0 Å². The van der Waals surface area contributed by atoms with E-state index >= 15 is 0 Å². The number of oxazole rings is 1. The smallest absolute Gasteiger partial charge is 0.408 e. The molecule has 9 heteroatoms. The predicted octanol–water partition coefficient (Wildman–Crippen LogP) is 2.65. The Balaban J connectivity index is 1.39. The van der Waals surface area contributed by atoms with Crippen molar-refractivity contribution in [3.63, 3.8) is 0 Å². The summed E-state index contributed by atoms with van der Waals surface area (Å²) in [5.41, 5.74) is 2.13. The molecule has 8 nitrogen and oxygen atoms in total. The second-order valence-corrected chi connectivity index (χ2v) is 6.51. The molecule has 0 aliphatic carbocycles. The van der Waals surface area contributed by atoms with Crippen molar-refractivity contribution in [2.45, 2.75) is 13.0 Å². The van der Waals surface area contributed by atoms with E-state index in [9.17, 15) is 9.59 Å². The lowest BCUT2D eigenvalue weighted by atomic mass is 10.1. The van der Waals surface area contributed by atoms with Crippen LogP contribution in [0.5, 0.6) is 0 Å². The molecule has 0 atom stereocenters. The van der Waals surface area contributed by atoms with Gasteiger partial charge in [0.15, 0.2) is 11.4 Å². The highest BCUT2D eigenvalue weighted by molar-refractivity contribution is 6.30. The molecule has 0 saturated heterocycles. The van der Waals surface area contributed by atoms with Gasteiger partial charge in [-0.25, -0.2) is 4.79 Å². The van der Waals surface area contributed by atoms with Crippen LogP contribution in [0.2, 0.25) is 5.02 Å². The number of hydrogen-bond acceptors (Lipinski definition) is 6. The molecule has 2 aromatic heterocycles. The lowest BCUT2D eigenvalue weighted by Gasteiger charge is -2.02. The zero-order valence-electron chi connectivity index (χ0n) is 14.6. The maximum absolute atomic E-state index is 12.2. The SMILES string of the molecule is O=C(NCCc1ccc(Cl)cc1)c1nc(Cn2c(=O)oc3ccccc32)no1. The fourth-order valence-corrected chi connectivity index (χ4v) is 2.89. The molecular weight excluding hydrogens is 384 g/mol. The highest BCUT2D eigenvalue weighted by atomic mass is 35.5. The van der Waals surface area contributed by atoms with Crippen LogP contribution in [0.15, 0.2) is 62.3 Å². The molecular formula is C19H15ClN4O4. The Labute approximate surface area is 163 Å². The van der Waals surface area contributed by atoms with Crippen molar-refractivity contribution in [3.8, 4) is 0 Å². The van der Waals surface area contributed by atoms with Crippen LogP contribution in [0.1, 0.15) is 22.1 Å². The zero-order valence-corrected chi connectivity index (χ0v) is 15.3. The molecule has 0 unspecified atom stereocenters. The minimum atomic E-state index is -0.528. The van der Waals surface area contributed by atoms with Gasteiger partial charge in [0.05, 0.1) is 12.1 Å². The molecule has 0 radical (unpaired) electrons. The molecule has 1 amide bonds. The summed E-state index contributed by atoms with van der Waals surface area (Å²) in [6, 6.07) is 14.4. The Morgan fingerprint density at radius 3 is 2.75 bits per heavy atom. The van der Waals surface area contributed by atoms with Crippen LogP contribution in [0.25, 0.3) is 11.1 Å². The van der Waals surface area contributed by atoms with Gasteiger partial charge in [-0.2, -0.15) is 4.98 Å². The van der Waals surface area contributed by atoms with Crippen LogP contribution in [-0.2, 0) is 13.0 Å². The molecule has 142 valence electrons. The topological polar surface area (TPSA) is 103 Å². The molecule has 28 heavy (non-hydrogen) atoms. The van der Waals surface area contributed by atoms with Gasteiger partial charge in [-0.15, -0.1) is 0 Å². The van der Waals surface area contributed by atoms with Gasteiger partial charge in [0.2, 0.25) is 0 Å². The Bertz CT molecular complexity index is 1180. The van der Waals surface area contributed by atoms with Crippen molar-refractivity contribution in [1.82, 2.24) is 20.0 Å². The minimum absolute atomic E-state index is 0.0391. The lowest BCUT2D eigenvalue weighted by molar-refractivity contribution is 0.0910. The van der Waals surface area contributed by atoms with Crippen molar-refractivity contribution in [1.29, 1.82) is 0 Å². The average molecular weight is 399 g/mol. The lowest BCUT2D eigenvalue weighted by Crippen LogP contribution is -2.26. The Hall–Kier alpha value is -3.39. The normalized spacial score (nSPS) is 11.0. The second-order valence-electron chi connectivity index (χ2n) is 6.07. The fraction of sp³-hybridized carbons (Fsp3) is 0.158. The first-order chi connectivity index (χ1) is 13.6. The molecule has 0 fully saturated rings. The number of amides is 1. The summed E-state index contributed by atoms with van der Waals surface area (Å²) in [6.45, 7) is 0.446. The first kappa shape index (κ1) is 18.0. The molecule has 1 N–H and O–H groups in total. The summed E-state index contributed by atoms with van der Waals surface area (Å²) < 4.78 is 11.5. The summed E-state index contributed by atoms with van der Waals surface area (Å²) in [6.07, 6.45) is 0.639.